The van der Waals surface area contributed by atoms with Gasteiger partial charge in [-0.25, -0.2) is 23.8 Å². The minimum atomic E-state index is -4.07. The van der Waals surface area contributed by atoms with E-state index in [-0.39, 0.29) is 15.5 Å². The van der Waals surface area contributed by atoms with E-state index in [0.29, 0.717) is 17.0 Å². The number of primary sulfonamides is 1. The van der Waals surface area contributed by atoms with Crippen LogP contribution >= 0.6 is 11.6 Å². The molecule has 9 nitrogen and oxygen atoms in total. The Morgan fingerprint density at radius 1 is 1.18 bits per heavy atom. The van der Waals surface area contributed by atoms with Crippen molar-refractivity contribution in [1.29, 1.82) is 0 Å². The van der Waals surface area contributed by atoms with Crippen LogP contribution in [0.15, 0.2) is 52.5 Å². The molecular formula is C17H16ClN3O6S. The maximum Gasteiger partial charge on any atom is 0.341 e. The number of carboxylic acids is 1. The molecule has 0 saturated heterocycles. The largest absolute Gasteiger partial charge is 0.482 e. The molecule has 0 bridgehead atoms. The number of halogens is 1. The third-order valence-corrected chi connectivity index (χ3v) is 4.85. The molecule has 4 N–H and O–H groups in total. The zero-order valence-electron chi connectivity index (χ0n) is 14.5. The van der Waals surface area contributed by atoms with Crippen molar-refractivity contribution in [3.05, 3.63) is 58.6 Å². The number of hydrazone groups is 1. The topological polar surface area (TPSA) is 148 Å². The lowest BCUT2D eigenvalue weighted by Gasteiger charge is -2.07. The lowest BCUT2D eigenvalue weighted by atomic mass is 10.1. The molecule has 28 heavy (non-hydrogen) atoms. The van der Waals surface area contributed by atoms with Gasteiger partial charge in [-0.3, -0.25) is 4.79 Å². The van der Waals surface area contributed by atoms with Crippen LogP contribution in [-0.4, -0.2) is 37.7 Å². The fourth-order valence-electron chi connectivity index (χ4n) is 2.06. The number of carbonyl (C=O) groups excluding carboxylic acids is 1. The average Bonchev–Trinajstić information content (AvgIpc) is 2.64. The molecule has 2 rings (SSSR count). The second-order valence-electron chi connectivity index (χ2n) is 5.54. The van der Waals surface area contributed by atoms with E-state index in [4.69, 9.17) is 26.6 Å². The highest BCUT2D eigenvalue weighted by Crippen LogP contribution is 2.21. The van der Waals surface area contributed by atoms with Crippen LogP contribution in [0, 0.1) is 0 Å². The van der Waals surface area contributed by atoms with Gasteiger partial charge in [0.2, 0.25) is 10.0 Å². The van der Waals surface area contributed by atoms with Crippen LogP contribution in [0.1, 0.15) is 22.8 Å². The minimum Gasteiger partial charge on any atom is -0.482 e. The van der Waals surface area contributed by atoms with Crippen molar-refractivity contribution in [2.45, 2.75) is 11.8 Å². The molecule has 0 aromatic heterocycles. The first-order valence-electron chi connectivity index (χ1n) is 7.70. The molecule has 0 heterocycles. The summed E-state index contributed by atoms with van der Waals surface area (Å²) in [6.45, 7) is 1.19. The van der Waals surface area contributed by atoms with Gasteiger partial charge in [-0.2, -0.15) is 5.10 Å². The third-order valence-electron chi connectivity index (χ3n) is 3.46. The van der Waals surface area contributed by atoms with Crippen molar-refractivity contribution in [2.24, 2.45) is 10.2 Å². The number of carboxylic acid groups (broad SMARTS) is 1. The number of rotatable bonds is 7. The van der Waals surface area contributed by atoms with Gasteiger partial charge in [0.25, 0.3) is 5.91 Å². The lowest BCUT2D eigenvalue weighted by Crippen LogP contribution is -2.20. The van der Waals surface area contributed by atoms with Crippen molar-refractivity contribution in [1.82, 2.24) is 5.43 Å². The predicted molar refractivity (Wildman–Crippen MR) is 102 cm³/mol. The molecule has 0 aliphatic heterocycles. The van der Waals surface area contributed by atoms with Crippen LogP contribution < -0.4 is 15.3 Å². The molecule has 1 amide bonds. The van der Waals surface area contributed by atoms with E-state index < -0.39 is 28.5 Å². The van der Waals surface area contributed by atoms with E-state index in [0.717, 1.165) is 6.07 Å². The maximum absolute atomic E-state index is 12.2. The Balaban J connectivity index is 2.10. The summed E-state index contributed by atoms with van der Waals surface area (Å²) in [6.07, 6.45) is 0. The molecule has 0 radical (unpaired) electrons. The molecule has 2 aromatic rings. The third kappa shape index (κ3) is 5.78. The molecule has 0 fully saturated rings. The van der Waals surface area contributed by atoms with Gasteiger partial charge in [0.1, 0.15) is 10.6 Å². The zero-order valence-corrected chi connectivity index (χ0v) is 16.1. The number of nitrogens with two attached hydrogens (primary N) is 1. The second kappa shape index (κ2) is 8.83. The van der Waals surface area contributed by atoms with Crippen LogP contribution in [0.3, 0.4) is 0 Å². The van der Waals surface area contributed by atoms with E-state index in [9.17, 15) is 18.0 Å². The molecule has 11 heteroatoms. The van der Waals surface area contributed by atoms with Crippen LogP contribution in [-0.2, 0) is 14.8 Å². The van der Waals surface area contributed by atoms with Gasteiger partial charge in [0, 0.05) is 5.56 Å². The number of carbonyl (C=O) groups is 2. The van der Waals surface area contributed by atoms with Gasteiger partial charge >= 0.3 is 5.97 Å². The first kappa shape index (κ1) is 21.4. The maximum atomic E-state index is 12.2. The Hall–Kier alpha value is -2.95. The number of hydrogen-bond acceptors (Lipinski definition) is 6. The Labute approximate surface area is 165 Å². The number of aliphatic carboxylic acids is 1. The van der Waals surface area contributed by atoms with Crippen LogP contribution in [0.5, 0.6) is 5.75 Å². The van der Waals surface area contributed by atoms with Crippen molar-refractivity contribution in [3.63, 3.8) is 0 Å². The quantitative estimate of drug-likeness (QED) is 0.453. The number of benzene rings is 2. The summed E-state index contributed by atoms with van der Waals surface area (Å²) in [5.41, 5.74) is 3.44. The molecule has 0 aliphatic rings. The SMILES string of the molecule is CC(=NNC(=O)c1ccc(Cl)c(S(N)(=O)=O)c1)c1ccc(OCC(=O)O)cc1. The first-order chi connectivity index (χ1) is 13.1. The van der Waals surface area contributed by atoms with Crippen LogP contribution in [0.25, 0.3) is 0 Å². The molecule has 0 atom stereocenters. The standard InChI is InChI=1S/C17H16ClN3O6S/c1-10(11-2-5-13(6-3-11)27-9-16(22)23)20-21-17(24)12-4-7-14(18)15(8-12)28(19,25)26/h2-8H,9H2,1H3,(H,21,24)(H,22,23)(H2,19,25,26). The highest BCUT2D eigenvalue weighted by Gasteiger charge is 2.16. The number of nitrogens with one attached hydrogen (secondary N) is 1. The zero-order chi connectivity index (χ0) is 20.9. The number of sulfonamides is 1. The first-order valence-corrected chi connectivity index (χ1v) is 9.62. The fourth-order valence-corrected chi connectivity index (χ4v) is 3.14. The number of ether oxygens (including phenoxy) is 1. The predicted octanol–water partition coefficient (Wildman–Crippen LogP) is 1.60. The summed E-state index contributed by atoms with van der Waals surface area (Å²) in [5, 5.41) is 17.5. The Bertz CT molecular complexity index is 1040. The Morgan fingerprint density at radius 2 is 1.79 bits per heavy atom. The van der Waals surface area contributed by atoms with E-state index in [1.165, 1.54) is 12.1 Å². The smallest absolute Gasteiger partial charge is 0.341 e. The van der Waals surface area contributed by atoms with Gasteiger partial charge in [-0.05, 0) is 55.0 Å². The van der Waals surface area contributed by atoms with Crippen molar-refractivity contribution >= 4 is 39.2 Å². The molecular weight excluding hydrogens is 410 g/mol. The number of hydrogen-bond donors (Lipinski definition) is 3. The summed E-state index contributed by atoms with van der Waals surface area (Å²) < 4.78 is 28.0. The van der Waals surface area contributed by atoms with Crippen LogP contribution in [0.2, 0.25) is 5.02 Å². The second-order valence-corrected chi connectivity index (χ2v) is 7.47. The van der Waals surface area contributed by atoms with Gasteiger partial charge in [-0.15, -0.1) is 0 Å². The van der Waals surface area contributed by atoms with Crippen molar-refractivity contribution < 1.29 is 27.9 Å². The van der Waals surface area contributed by atoms with Gasteiger partial charge in [0.15, 0.2) is 6.61 Å². The number of amides is 1. The van der Waals surface area contributed by atoms with E-state index >= 15 is 0 Å². The van der Waals surface area contributed by atoms with E-state index in [1.54, 1.807) is 31.2 Å². The molecule has 0 spiro atoms. The van der Waals surface area contributed by atoms with Crippen molar-refractivity contribution in [2.75, 3.05) is 6.61 Å². The monoisotopic (exact) mass is 425 g/mol. The fraction of sp³-hybridized carbons (Fsp3) is 0.118. The Kier molecular flexibility index (Phi) is 6.73. The average molecular weight is 426 g/mol. The Morgan fingerprint density at radius 3 is 2.36 bits per heavy atom. The van der Waals surface area contributed by atoms with Gasteiger partial charge in [0.05, 0.1) is 10.7 Å². The molecule has 2 aromatic carbocycles. The summed E-state index contributed by atoms with van der Waals surface area (Å²) in [5.74, 6) is -1.36. The lowest BCUT2D eigenvalue weighted by molar-refractivity contribution is -0.139. The van der Waals surface area contributed by atoms with Crippen molar-refractivity contribution in [3.8, 4) is 5.75 Å². The summed E-state index contributed by atoms with van der Waals surface area (Å²) >= 11 is 5.78. The van der Waals surface area contributed by atoms with Gasteiger partial charge in [-0.1, -0.05) is 11.6 Å². The highest BCUT2D eigenvalue weighted by molar-refractivity contribution is 7.89. The number of nitrogens with zero attached hydrogens (tertiary/aromatic N) is 1. The molecule has 148 valence electrons. The van der Waals surface area contributed by atoms with Crippen LogP contribution in [0.4, 0.5) is 0 Å². The summed E-state index contributed by atoms with van der Waals surface area (Å²) in [6, 6.07) is 10.1. The highest BCUT2D eigenvalue weighted by atomic mass is 35.5. The summed E-state index contributed by atoms with van der Waals surface area (Å²) in [4.78, 5) is 22.3. The minimum absolute atomic E-state index is 0.0161. The summed E-state index contributed by atoms with van der Waals surface area (Å²) in [7, 11) is -4.07. The normalized spacial score (nSPS) is 11.8. The molecule has 0 unspecified atom stereocenters. The van der Waals surface area contributed by atoms with E-state index in [1.807, 2.05) is 0 Å². The van der Waals surface area contributed by atoms with E-state index in [2.05, 4.69) is 10.5 Å². The molecule has 0 aliphatic carbocycles. The molecule has 0 saturated carbocycles. The van der Waals surface area contributed by atoms with Gasteiger partial charge < -0.3 is 9.84 Å².